The molecule has 3 rings (SSSR count). The van der Waals surface area contributed by atoms with Crippen molar-refractivity contribution in [3.63, 3.8) is 0 Å². The second kappa shape index (κ2) is 6.03. The van der Waals surface area contributed by atoms with Crippen LogP contribution in [0.5, 0.6) is 0 Å². The molecule has 22 heavy (non-hydrogen) atoms. The van der Waals surface area contributed by atoms with Gasteiger partial charge in [-0.25, -0.2) is 0 Å². The maximum Gasteiger partial charge on any atom is 0.255 e. The number of thiocarbonyl (C=S) groups is 1. The lowest BCUT2D eigenvalue weighted by Gasteiger charge is -2.28. The number of nitrogens with one attached hydrogen (secondary N) is 3. The van der Waals surface area contributed by atoms with Crippen molar-refractivity contribution in [3.8, 4) is 0 Å². The van der Waals surface area contributed by atoms with E-state index in [-0.39, 0.29) is 5.91 Å². The second-order valence-electron chi connectivity index (χ2n) is 4.91. The Morgan fingerprint density at radius 3 is 2.68 bits per heavy atom. The van der Waals surface area contributed by atoms with Crippen molar-refractivity contribution in [2.45, 2.75) is 13.0 Å². The number of allylic oxidation sites excluding steroid dienone is 1. The van der Waals surface area contributed by atoms with Gasteiger partial charge in [0.05, 0.1) is 11.8 Å². The smallest absolute Gasteiger partial charge is 0.255 e. The van der Waals surface area contributed by atoms with E-state index in [0.29, 0.717) is 22.1 Å². The molecule has 6 heteroatoms. The minimum absolute atomic E-state index is 0.201. The average molecular weight is 313 g/mol. The van der Waals surface area contributed by atoms with Crippen molar-refractivity contribution in [2.75, 3.05) is 5.32 Å². The Labute approximate surface area is 133 Å². The lowest BCUT2D eigenvalue weighted by Crippen LogP contribution is -2.45. The first-order valence-electron chi connectivity index (χ1n) is 6.83. The van der Waals surface area contributed by atoms with Crippen LogP contribution in [0.3, 0.4) is 0 Å². The number of anilines is 1. The number of furan rings is 1. The molecule has 0 bridgehead atoms. The minimum atomic E-state index is -0.410. The minimum Gasteiger partial charge on any atom is -0.467 e. The molecule has 0 saturated carbocycles. The SMILES string of the molecule is CC1=C(C(=O)Nc2ccccc2)[C@H](c2ccco2)NC(=S)N1. The molecule has 1 aromatic carbocycles. The molecule has 3 N–H and O–H groups in total. The number of carbonyl (C=O) groups is 1. The molecule has 0 saturated heterocycles. The molecular weight excluding hydrogens is 298 g/mol. The van der Waals surface area contributed by atoms with E-state index in [1.54, 1.807) is 12.3 Å². The van der Waals surface area contributed by atoms with Crippen LogP contribution in [-0.4, -0.2) is 11.0 Å². The highest BCUT2D eigenvalue weighted by Crippen LogP contribution is 2.27. The van der Waals surface area contributed by atoms with Crippen LogP contribution in [0.2, 0.25) is 0 Å². The first-order valence-corrected chi connectivity index (χ1v) is 7.24. The van der Waals surface area contributed by atoms with Crippen molar-refractivity contribution in [3.05, 3.63) is 65.8 Å². The van der Waals surface area contributed by atoms with Crippen LogP contribution in [0.15, 0.2) is 64.4 Å². The van der Waals surface area contributed by atoms with Gasteiger partial charge in [0.15, 0.2) is 5.11 Å². The lowest BCUT2D eigenvalue weighted by atomic mass is 10.00. The summed E-state index contributed by atoms with van der Waals surface area (Å²) in [5.41, 5.74) is 1.99. The highest BCUT2D eigenvalue weighted by molar-refractivity contribution is 7.80. The molecule has 0 fully saturated rings. The van der Waals surface area contributed by atoms with Crippen molar-refractivity contribution >= 4 is 28.9 Å². The molecule has 0 spiro atoms. The zero-order valence-electron chi connectivity index (χ0n) is 11.9. The zero-order valence-corrected chi connectivity index (χ0v) is 12.7. The molecular formula is C16H15N3O2S. The van der Waals surface area contributed by atoms with Crippen LogP contribution in [-0.2, 0) is 4.79 Å². The van der Waals surface area contributed by atoms with Crippen LogP contribution in [0.25, 0.3) is 0 Å². The maximum atomic E-state index is 12.7. The molecule has 1 amide bonds. The highest BCUT2D eigenvalue weighted by Gasteiger charge is 2.31. The fraction of sp³-hybridized carbons (Fsp3) is 0.125. The molecule has 1 atom stereocenters. The van der Waals surface area contributed by atoms with Crippen LogP contribution in [0.1, 0.15) is 18.7 Å². The topological polar surface area (TPSA) is 66.3 Å². The zero-order chi connectivity index (χ0) is 15.5. The largest absolute Gasteiger partial charge is 0.467 e. The molecule has 1 aliphatic rings. The number of amides is 1. The van der Waals surface area contributed by atoms with Crippen LogP contribution in [0.4, 0.5) is 5.69 Å². The normalized spacial score (nSPS) is 17.7. The van der Waals surface area contributed by atoms with Gasteiger partial charge in [0.25, 0.3) is 5.91 Å². The number of para-hydroxylation sites is 1. The quantitative estimate of drug-likeness (QED) is 0.760. The van der Waals surface area contributed by atoms with E-state index in [2.05, 4.69) is 16.0 Å². The van der Waals surface area contributed by atoms with Crippen molar-refractivity contribution in [1.82, 2.24) is 10.6 Å². The Balaban J connectivity index is 1.92. The van der Waals surface area contributed by atoms with Gasteiger partial charge in [0.2, 0.25) is 0 Å². The van der Waals surface area contributed by atoms with E-state index in [0.717, 1.165) is 5.69 Å². The molecule has 112 valence electrons. The Bertz CT molecular complexity index is 723. The van der Waals surface area contributed by atoms with Gasteiger partial charge >= 0.3 is 0 Å². The van der Waals surface area contributed by atoms with Crippen molar-refractivity contribution in [1.29, 1.82) is 0 Å². The summed E-state index contributed by atoms with van der Waals surface area (Å²) in [6.45, 7) is 1.82. The summed E-state index contributed by atoms with van der Waals surface area (Å²) in [4.78, 5) is 12.7. The molecule has 1 aromatic heterocycles. The van der Waals surface area contributed by atoms with Gasteiger partial charge in [-0.15, -0.1) is 0 Å². The first kappa shape index (κ1) is 14.3. The summed E-state index contributed by atoms with van der Waals surface area (Å²) in [5, 5.41) is 9.41. The Morgan fingerprint density at radius 1 is 1.23 bits per heavy atom. The number of rotatable bonds is 3. The molecule has 0 unspecified atom stereocenters. The summed E-state index contributed by atoms with van der Waals surface area (Å²) in [7, 11) is 0. The fourth-order valence-electron chi connectivity index (χ4n) is 2.38. The summed E-state index contributed by atoms with van der Waals surface area (Å²) in [5.74, 6) is 0.439. The number of benzene rings is 1. The van der Waals surface area contributed by atoms with Crippen molar-refractivity contribution in [2.24, 2.45) is 0 Å². The predicted molar refractivity (Wildman–Crippen MR) is 88.1 cm³/mol. The molecule has 2 aromatic rings. The van der Waals surface area contributed by atoms with Gasteiger partial charge in [-0.3, -0.25) is 4.79 Å². The van der Waals surface area contributed by atoms with Crippen molar-refractivity contribution < 1.29 is 9.21 Å². The highest BCUT2D eigenvalue weighted by atomic mass is 32.1. The van der Waals surface area contributed by atoms with Crippen LogP contribution >= 0.6 is 12.2 Å². The number of hydrogen-bond donors (Lipinski definition) is 3. The summed E-state index contributed by atoms with van der Waals surface area (Å²) in [6, 6.07) is 12.5. The summed E-state index contributed by atoms with van der Waals surface area (Å²) < 4.78 is 5.44. The third-order valence-corrected chi connectivity index (χ3v) is 3.59. The lowest BCUT2D eigenvalue weighted by molar-refractivity contribution is -0.113. The molecule has 0 aliphatic carbocycles. The molecule has 0 radical (unpaired) electrons. The third-order valence-electron chi connectivity index (χ3n) is 3.37. The predicted octanol–water partition coefficient (Wildman–Crippen LogP) is 2.71. The van der Waals surface area contributed by atoms with Gasteiger partial charge in [-0.1, -0.05) is 18.2 Å². The first-order chi connectivity index (χ1) is 10.6. The van der Waals surface area contributed by atoms with E-state index in [4.69, 9.17) is 16.6 Å². The van der Waals surface area contributed by atoms with E-state index < -0.39 is 6.04 Å². The Morgan fingerprint density at radius 2 is 2.00 bits per heavy atom. The monoisotopic (exact) mass is 313 g/mol. The standard InChI is InChI=1S/C16H15N3O2S/c1-10-13(15(20)18-11-6-3-2-4-7-11)14(19-16(22)17-10)12-8-5-9-21-12/h2-9,14H,1H3,(H,18,20)(H2,17,19,22)/t14-/m0/s1. The van der Waals surface area contributed by atoms with E-state index in [9.17, 15) is 4.79 Å². The van der Waals surface area contributed by atoms with Gasteiger partial charge in [0, 0.05) is 11.4 Å². The van der Waals surface area contributed by atoms with Gasteiger partial charge in [0.1, 0.15) is 11.8 Å². The van der Waals surface area contributed by atoms with E-state index >= 15 is 0 Å². The second-order valence-corrected chi connectivity index (χ2v) is 5.31. The Kier molecular flexibility index (Phi) is 3.93. The van der Waals surface area contributed by atoms with Gasteiger partial charge < -0.3 is 20.4 Å². The van der Waals surface area contributed by atoms with E-state index in [1.807, 2.05) is 43.3 Å². The third kappa shape index (κ3) is 2.87. The summed E-state index contributed by atoms with van der Waals surface area (Å²) in [6.07, 6.45) is 1.57. The molecule has 5 nitrogen and oxygen atoms in total. The van der Waals surface area contributed by atoms with Gasteiger partial charge in [-0.2, -0.15) is 0 Å². The molecule has 2 heterocycles. The number of hydrogen-bond acceptors (Lipinski definition) is 3. The summed E-state index contributed by atoms with van der Waals surface area (Å²) >= 11 is 5.17. The fourth-order valence-corrected chi connectivity index (χ4v) is 2.65. The Hall–Kier alpha value is -2.60. The average Bonchev–Trinajstić information content (AvgIpc) is 3.01. The number of carbonyl (C=O) groups excluding carboxylic acids is 1. The molecule has 1 aliphatic heterocycles. The maximum absolute atomic E-state index is 12.7. The van der Waals surface area contributed by atoms with Gasteiger partial charge in [-0.05, 0) is 43.4 Å². The van der Waals surface area contributed by atoms with Crippen LogP contribution in [0, 0.1) is 0 Å². The van der Waals surface area contributed by atoms with E-state index in [1.165, 1.54) is 0 Å². The van der Waals surface area contributed by atoms with Crippen LogP contribution < -0.4 is 16.0 Å².